The number of amides is 2. The van der Waals surface area contributed by atoms with Gasteiger partial charge in [-0.15, -0.1) is 0 Å². The maximum Gasteiger partial charge on any atom is 0.422 e. The zero-order valence-corrected chi connectivity index (χ0v) is 15.3. The Labute approximate surface area is 161 Å². The molecule has 5 nitrogen and oxygen atoms in total. The summed E-state index contributed by atoms with van der Waals surface area (Å²) < 4.78 is 41.5. The van der Waals surface area contributed by atoms with Crippen LogP contribution < -0.4 is 20.3 Å². The van der Waals surface area contributed by atoms with E-state index in [1.165, 1.54) is 12.1 Å². The lowest BCUT2D eigenvalue weighted by Crippen LogP contribution is -2.29. The molecule has 0 aromatic heterocycles. The van der Waals surface area contributed by atoms with Crippen LogP contribution in [0, 0.1) is 0 Å². The first-order chi connectivity index (χ1) is 13.4. The SMILES string of the molecule is O=C(NCc1cccc(OCC(F)(F)F)c1)Nc1ccccc1N1CCCC1. The van der Waals surface area contributed by atoms with Gasteiger partial charge in [-0.25, -0.2) is 4.79 Å². The molecule has 0 aliphatic carbocycles. The summed E-state index contributed by atoms with van der Waals surface area (Å²) in [4.78, 5) is 14.5. The first-order valence-electron chi connectivity index (χ1n) is 9.08. The molecule has 150 valence electrons. The summed E-state index contributed by atoms with van der Waals surface area (Å²) >= 11 is 0. The van der Waals surface area contributed by atoms with Crippen LogP contribution in [0.3, 0.4) is 0 Å². The fourth-order valence-electron chi connectivity index (χ4n) is 3.07. The van der Waals surface area contributed by atoms with E-state index >= 15 is 0 Å². The zero-order valence-electron chi connectivity index (χ0n) is 15.3. The Morgan fingerprint density at radius 2 is 1.82 bits per heavy atom. The monoisotopic (exact) mass is 393 g/mol. The lowest BCUT2D eigenvalue weighted by molar-refractivity contribution is -0.153. The second-order valence-corrected chi connectivity index (χ2v) is 6.57. The van der Waals surface area contributed by atoms with Gasteiger partial charge in [0.2, 0.25) is 0 Å². The standard InChI is InChI=1S/C20H22F3N3O2/c21-20(22,23)14-28-16-7-5-6-15(12-16)13-24-19(27)25-17-8-1-2-9-18(17)26-10-3-4-11-26/h1-2,5-9,12H,3-4,10-11,13-14H2,(H2,24,25,27). The summed E-state index contributed by atoms with van der Waals surface area (Å²) in [5.41, 5.74) is 2.35. The third kappa shape index (κ3) is 5.80. The lowest BCUT2D eigenvalue weighted by atomic mass is 10.2. The highest BCUT2D eigenvalue weighted by Gasteiger charge is 2.28. The molecule has 0 saturated carbocycles. The third-order valence-electron chi connectivity index (χ3n) is 4.35. The summed E-state index contributed by atoms with van der Waals surface area (Å²) in [7, 11) is 0. The van der Waals surface area contributed by atoms with Crippen LogP contribution in [0.25, 0.3) is 0 Å². The number of hydrogen-bond acceptors (Lipinski definition) is 3. The lowest BCUT2D eigenvalue weighted by Gasteiger charge is -2.21. The first-order valence-corrected chi connectivity index (χ1v) is 9.08. The summed E-state index contributed by atoms with van der Waals surface area (Å²) in [6, 6.07) is 13.4. The number of carbonyl (C=O) groups excluding carboxylic acids is 1. The predicted molar refractivity (Wildman–Crippen MR) is 102 cm³/mol. The molecule has 0 bridgehead atoms. The number of ether oxygens (including phenoxy) is 1. The molecule has 1 aliphatic rings. The molecule has 2 aromatic carbocycles. The van der Waals surface area contributed by atoms with E-state index in [1.807, 2.05) is 24.3 Å². The molecule has 3 rings (SSSR count). The number of benzene rings is 2. The van der Waals surface area contributed by atoms with Crippen LogP contribution in [0.4, 0.5) is 29.3 Å². The minimum Gasteiger partial charge on any atom is -0.484 e. The molecular formula is C20H22F3N3O2. The van der Waals surface area contributed by atoms with Gasteiger partial charge in [-0.3, -0.25) is 0 Å². The molecule has 0 atom stereocenters. The van der Waals surface area contributed by atoms with Crippen LogP contribution in [0.15, 0.2) is 48.5 Å². The van der Waals surface area contributed by atoms with Gasteiger partial charge in [0.1, 0.15) is 5.75 Å². The Morgan fingerprint density at radius 1 is 1.07 bits per heavy atom. The van der Waals surface area contributed by atoms with E-state index in [2.05, 4.69) is 15.5 Å². The van der Waals surface area contributed by atoms with Gasteiger partial charge in [0, 0.05) is 19.6 Å². The van der Waals surface area contributed by atoms with Gasteiger partial charge in [-0.05, 0) is 42.7 Å². The minimum atomic E-state index is -4.39. The van der Waals surface area contributed by atoms with Crippen LogP contribution in [-0.4, -0.2) is 31.9 Å². The highest BCUT2D eigenvalue weighted by Crippen LogP contribution is 2.28. The molecule has 1 aliphatic heterocycles. The van der Waals surface area contributed by atoms with Crippen LogP contribution in [-0.2, 0) is 6.54 Å². The van der Waals surface area contributed by atoms with Crippen molar-refractivity contribution in [3.05, 3.63) is 54.1 Å². The number of anilines is 2. The highest BCUT2D eigenvalue weighted by molar-refractivity contribution is 5.93. The maximum atomic E-state index is 12.3. The Hall–Kier alpha value is -2.90. The number of hydrogen-bond donors (Lipinski definition) is 2. The minimum absolute atomic E-state index is 0.108. The smallest absolute Gasteiger partial charge is 0.422 e. The van der Waals surface area contributed by atoms with Gasteiger partial charge in [0.05, 0.1) is 11.4 Å². The van der Waals surface area contributed by atoms with Crippen molar-refractivity contribution in [2.45, 2.75) is 25.6 Å². The molecule has 2 aromatic rings. The zero-order chi connectivity index (χ0) is 20.0. The maximum absolute atomic E-state index is 12.3. The summed E-state index contributed by atoms with van der Waals surface area (Å²) in [5.74, 6) is 0.108. The number of nitrogens with zero attached hydrogens (tertiary/aromatic N) is 1. The summed E-state index contributed by atoms with van der Waals surface area (Å²) in [6.45, 7) is 0.745. The third-order valence-corrected chi connectivity index (χ3v) is 4.35. The van der Waals surface area contributed by atoms with Crippen LogP contribution >= 0.6 is 0 Å². The topological polar surface area (TPSA) is 53.6 Å². The quantitative estimate of drug-likeness (QED) is 0.757. The Morgan fingerprint density at radius 3 is 2.57 bits per heavy atom. The average molecular weight is 393 g/mol. The number of alkyl halides is 3. The van der Waals surface area contributed by atoms with Gasteiger partial charge in [0.15, 0.2) is 6.61 Å². The molecule has 1 fully saturated rings. The number of para-hydroxylation sites is 2. The number of carbonyl (C=O) groups is 1. The van der Waals surface area contributed by atoms with E-state index in [9.17, 15) is 18.0 Å². The van der Waals surface area contributed by atoms with Gasteiger partial charge in [-0.2, -0.15) is 13.2 Å². The van der Waals surface area contributed by atoms with Crippen molar-refractivity contribution in [2.75, 3.05) is 29.9 Å². The molecule has 28 heavy (non-hydrogen) atoms. The number of halogens is 3. The van der Waals surface area contributed by atoms with E-state index < -0.39 is 12.8 Å². The van der Waals surface area contributed by atoms with E-state index in [0.29, 0.717) is 5.56 Å². The number of urea groups is 1. The van der Waals surface area contributed by atoms with Crippen molar-refractivity contribution in [3.8, 4) is 5.75 Å². The van der Waals surface area contributed by atoms with Crippen LogP contribution in [0.5, 0.6) is 5.75 Å². The van der Waals surface area contributed by atoms with Crippen LogP contribution in [0.2, 0.25) is 0 Å². The molecule has 2 N–H and O–H groups in total. The number of nitrogens with one attached hydrogen (secondary N) is 2. The van der Waals surface area contributed by atoms with E-state index in [1.54, 1.807) is 12.1 Å². The van der Waals surface area contributed by atoms with Crippen molar-refractivity contribution in [1.29, 1.82) is 0 Å². The average Bonchev–Trinajstić information content (AvgIpc) is 3.20. The molecule has 0 unspecified atom stereocenters. The van der Waals surface area contributed by atoms with Crippen LogP contribution in [0.1, 0.15) is 18.4 Å². The van der Waals surface area contributed by atoms with Crippen molar-refractivity contribution in [1.82, 2.24) is 5.32 Å². The molecule has 2 amide bonds. The predicted octanol–water partition coefficient (Wildman–Crippen LogP) is 4.55. The Balaban J connectivity index is 1.55. The van der Waals surface area contributed by atoms with Crippen molar-refractivity contribution >= 4 is 17.4 Å². The summed E-state index contributed by atoms with van der Waals surface area (Å²) in [5, 5.41) is 5.56. The molecule has 1 saturated heterocycles. The Kier molecular flexibility index (Phi) is 6.28. The Bertz CT molecular complexity index is 805. The van der Waals surface area contributed by atoms with Gasteiger partial charge in [0.25, 0.3) is 0 Å². The summed E-state index contributed by atoms with van der Waals surface area (Å²) in [6.07, 6.45) is -2.13. The fourth-order valence-corrected chi connectivity index (χ4v) is 3.07. The second kappa shape index (κ2) is 8.86. The van der Waals surface area contributed by atoms with E-state index in [4.69, 9.17) is 4.74 Å². The van der Waals surface area contributed by atoms with Crippen molar-refractivity contribution < 1.29 is 22.7 Å². The van der Waals surface area contributed by atoms with Gasteiger partial charge < -0.3 is 20.3 Å². The second-order valence-electron chi connectivity index (χ2n) is 6.57. The molecular weight excluding hydrogens is 371 g/mol. The fraction of sp³-hybridized carbons (Fsp3) is 0.350. The normalized spacial score (nSPS) is 14.0. The van der Waals surface area contributed by atoms with E-state index in [0.717, 1.165) is 37.3 Å². The number of rotatable bonds is 6. The highest BCUT2D eigenvalue weighted by atomic mass is 19.4. The largest absolute Gasteiger partial charge is 0.484 e. The molecule has 0 radical (unpaired) electrons. The molecule has 8 heteroatoms. The molecule has 0 spiro atoms. The van der Waals surface area contributed by atoms with Crippen molar-refractivity contribution in [3.63, 3.8) is 0 Å². The van der Waals surface area contributed by atoms with Gasteiger partial charge in [-0.1, -0.05) is 24.3 Å². The van der Waals surface area contributed by atoms with Gasteiger partial charge >= 0.3 is 12.2 Å². The molecule has 1 heterocycles. The first kappa shape index (κ1) is 19.9. The van der Waals surface area contributed by atoms with Crippen molar-refractivity contribution in [2.24, 2.45) is 0 Å². The van der Waals surface area contributed by atoms with E-state index in [-0.39, 0.29) is 18.3 Å².